The molecular formula is C13H26N2O. The fourth-order valence-electron chi connectivity index (χ4n) is 3.24. The summed E-state index contributed by atoms with van der Waals surface area (Å²) in [5, 5.41) is 3.30. The van der Waals surface area contributed by atoms with E-state index in [2.05, 4.69) is 31.1 Å². The second kappa shape index (κ2) is 5.03. The molecule has 0 aromatic carbocycles. The number of likely N-dealkylation sites (tertiary alicyclic amines) is 1. The Labute approximate surface area is 99.5 Å². The first kappa shape index (κ1) is 12.3. The Balaban J connectivity index is 1.87. The van der Waals surface area contributed by atoms with Gasteiger partial charge in [-0.2, -0.15) is 0 Å². The molecule has 0 saturated carbocycles. The van der Waals surface area contributed by atoms with Crippen LogP contribution in [0.15, 0.2) is 0 Å². The Bertz CT molecular complexity index is 224. The molecule has 0 aromatic heterocycles. The Morgan fingerprint density at radius 1 is 1.44 bits per heavy atom. The van der Waals surface area contributed by atoms with Gasteiger partial charge in [0.05, 0.1) is 6.10 Å². The molecule has 2 fully saturated rings. The van der Waals surface area contributed by atoms with Crippen molar-refractivity contribution in [3.05, 3.63) is 0 Å². The number of hydrogen-bond acceptors (Lipinski definition) is 3. The third kappa shape index (κ3) is 2.76. The summed E-state index contributed by atoms with van der Waals surface area (Å²) < 4.78 is 5.75. The van der Waals surface area contributed by atoms with E-state index >= 15 is 0 Å². The Morgan fingerprint density at radius 3 is 2.88 bits per heavy atom. The molecule has 1 N–H and O–H groups in total. The van der Waals surface area contributed by atoms with Crippen molar-refractivity contribution in [3.63, 3.8) is 0 Å². The topological polar surface area (TPSA) is 24.5 Å². The van der Waals surface area contributed by atoms with Crippen molar-refractivity contribution in [1.29, 1.82) is 0 Å². The first-order valence-electron chi connectivity index (χ1n) is 6.63. The van der Waals surface area contributed by atoms with Gasteiger partial charge in [0.25, 0.3) is 0 Å². The number of nitrogens with one attached hydrogen (secondary N) is 1. The van der Waals surface area contributed by atoms with Crippen molar-refractivity contribution in [2.45, 2.75) is 44.8 Å². The smallest absolute Gasteiger partial charge is 0.0703 e. The molecule has 2 aliphatic rings. The van der Waals surface area contributed by atoms with Gasteiger partial charge in [-0.05, 0) is 52.6 Å². The van der Waals surface area contributed by atoms with Crippen molar-refractivity contribution in [3.8, 4) is 0 Å². The molecule has 2 atom stereocenters. The Morgan fingerprint density at radius 2 is 2.25 bits per heavy atom. The molecular weight excluding hydrogens is 200 g/mol. The van der Waals surface area contributed by atoms with E-state index in [1.165, 1.54) is 25.8 Å². The van der Waals surface area contributed by atoms with Crippen LogP contribution in [-0.2, 0) is 4.74 Å². The highest BCUT2D eigenvalue weighted by molar-refractivity contribution is 4.94. The van der Waals surface area contributed by atoms with Crippen LogP contribution in [0.5, 0.6) is 0 Å². The second-order valence-electron chi connectivity index (χ2n) is 5.98. The normalized spacial score (nSPS) is 34.7. The minimum Gasteiger partial charge on any atom is -0.377 e. The number of nitrogens with zero attached hydrogens (tertiary/aromatic N) is 1. The van der Waals surface area contributed by atoms with E-state index in [9.17, 15) is 0 Å². The molecule has 0 radical (unpaired) electrons. The summed E-state index contributed by atoms with van der Waals surface area (Å²) in [6.07, 6.45) is 4.30. The van der Waals surface area contributed by atoms with E-state index in [0.717, 1.165) is 25.6 Å². The predicted octanol–water partition coefficient (Wildman–Crippen LogP) is 1.49. The maximum atomic E-state index is 5.75. The molecule has 0 aromatic rings. The van der Waals surface area contributed by atoms with Crippen molar-refractivity contribution in [1.82, 2.24) is 10.2 Å². The summed E-state index contributed by atoms with van der Waals surface area (Å²) in [6.45, 7) is 9.22. The van der Waals surface area contributed by atoms with Gasteiger partial charge in [0.15, 0.2) is 0 Å². The van der Waals surface area contributed by atoms with Gasteiger partial charge in [-0.1, -0.05) is 0 Å². The van der Waals surface area contributed by atoms with Crippen LogP contribution in [0, 0.1) is 5.92 Å². The maximum absolute atomic E-state index is 5.75. The zero-order valence-corrected chi connectivity index (χ0v) is 11.0. The van der Waals surface area contributed by atoms with Gasteiger partial charge in [-0.25, -0.2) is 0 Å². The van der Waals surface area contributed by atoms with Crippen molar-refractivity contribution in [2.75, 3.05) is 33.3 Å². The summed E-state index contributed by atoms with van der Waals surface area (Å²) in [5.41, 5.74) is 0.355. The first-order valence-corrected chi connectivity index (χ1v) is 6.63. The standard InChI is InChI=1S/C13H26N2O/c1-13(2)7-11(8-14-3)9-15(13)10-12-5-4-6-16-12/h11-12,14H,4-10H2,1-3H3. The largest absolute Gasteiger partial charge is 0.377 e. The summed E-state index contributed by atoms with van der Waals surface area (Å²) in [5.74, 6) is 0.807. The summed E-state index contributed by atoms with van der Waals surface area (Å²) in [6, 6.07) is 0. The van der Waals surface area contributed by atoms with Gasteiger partial charge >= 0.3 is 0 Å². The summed E-state index contributed by atoms with van der Waals surface area (Å²) >= 11 is 0. The molecule has 2 rings (SSSR count). The van der Waals surface area contributed by atoms with E-state index in [4.69, 9.17) is 4.74 Å². The number of ether oxygens (including phenoxy) is 1. The summed E-state index contributed by atoms with van der Waals surface area (Å²) in [4.78, 5) is 2.63. The third-order valence-corrected chi connectivity index (χ3v) is 4.06. The third-order valence-electron chi connectivity index (χ3n) is 4.06. The van der Waals surface area contributed by atoms with Crippen LogP contribution in [0.4, 0.5) is 0 Å². The lowest BCUT2D eigenvalue weighted by atomic mass is 9.96. The molecule has 0 amide bonds. The molecule has 2 unspecified atom stereocenters. The highest BCUT2D eigenvalue weighted by Gasteiger charge is 2.39. The average Bonchev–Trinajstić information content (AvgIpc) is 2.77. The Hall–Kier alpha value is -0.120. The zero-order chi connectivity index (χ0) is 11.6. The Kier molecular flexibility index (Phi) is 3.88. The van der Waals surface area contributed by atoms with E-state index < -0.39 is 0 Å². The van der Waals surface area contributed by atoms with Gasteiger partial charge in [-0.15, -0.1) is 0 Å². The molecule has 0 bridgehead atoms. The molecule has 3 heteroatoms. The van der Waals surface area contributed by atoms with Gasteiger partial charge in [0.2, 0.25) is 0 Å². The van der Waals surface area contributed by atoms with Crippen LogP contribution >= 0.6 is 0 Å². The van der Waals surface area contributed by atoms with Crippen molar-refractivity contribution >= 4 is 0 Å². The lowest BCUT2D eigenvalue weighted by Crippen LogP contribution is -2.42. The zero-order valence-electron chi connectivity index (χ0n) is 11.0. The molecule has 2 aliphatic heterocycles. The van der Waals surface area contributed by atoms with Gasteiger partial charge in [-0.3, -0.25) is 4.90 Å². The van der Waals surface area contributed by atoms with Crippen LogP contribution in [0.25, 0.3) is 0 Å². The highest BCUT2D eigenvalue weighted by Crippen LogP contribution is 2.33. The van der Waals surface area contributed by atoms with Crippen LogP contribution in [0.1, 0.15) is 33.1 Å². The average molecular weight is 226 g/mol. The fourth-order valence-corrected chi connectivity index (χ4v) is 3.24. The minimum atomic E-state index is 0.355. The fraction of sp³-hybridized carbons (Fsp3) is 1.00. The van der Waals surface area contributed by atoms with Crippen LogP contribution in [0.3, 0.4) is 0 Å². The predicted molar refractivity (Wildman–Crippen MR) is 66.7 cm³/mol. The van der Waals surface area contributed by atoms with E-state index in [-0.39, 0.29) is 0 Å². The monoisotopic (exact) mass is 226 g/mol. The van der Waals surface area contributed by atoms with Crippen molar-refractivity contribution < 1.29 is 4.74 Å². The molecule has 94 valence electrons. The SMILES string of the molecule is CNCC1CN(CC2CCCO2)C(C)(C)C1. The van der Waals surface area contributed by atoms with Crippen molar-refractivity contribution in [2.24, 2.45) is 5.92 Å². The molecule has 16 heavy (non-hydrogen) atoms. The second-order valence-corrected chi connectivity index (χ2v) is 5.98. The minimum absolute atomic E-state index is 0.355. The molecule has 3 nitrogen and oxygen atoms in total. The van der Waals surface area contributed by atoms with E-state index in [1.54, 1.807) is 0 Å². The lowest BCUT2D eigenvalue weighted by Gasteiger charge is -2.33. The van der Waals surface area contributed by atoms with Crippen LogP contribution in [0.2, 0.25) is 0 Å². The molecule has 2 heterocycles. The molecule has 2 saturated heterocycles. The number of hydrogen-bond donors (Lipinski definition) is 1. The van der Waals surface area contributed by atoms with E-state index in [1.807, 2.05) is 0 Å². The van der Waals surface area contributed by atoms with Gasteiger partial charge in [0, 0.05) is 25.2 Å². The van der Waals surface area contributed by atoms with E-state index in [0.29, 0.717) is 11.6 Å². The highest BCUT2D eigenvalue weighted by atomic mass is 16.5. The van der Waals surface area contributed by atoms with Gasteiger partial charge in [0.1, 0.15) is 0 Å². The van der Waals surface area contributed by atoms with Crippen LogP contribution < -0.4 is 5.32 Å². The quantitative estimate of drug-likeness (QED) is 0.786. The lowest BCUT2D eigenvalue weighted by molar-refractivity contribution is 0.0508. The molecule has 0 aliphatic carbocycles. The number of rotatable bonds is 4. The summed E-state index contributed by atoms with van der Waals surface area (Å²) in [7, 11) is 2.05. The van der Waals surface area contributed by atoms with Gasteiger partial charge < -0.3 is 10.1 Å². The molecule has 0 spiro atoms. The first-order chi connectivity index (χ1) is 7.62. The maximum Gasteiger partial charge on any atom is 0.0703 e. The van der Waals surface area contributed by atoms with Crippen LogP contribution in [-0.4, -0.2) is 49.8 Å².